The summed E-state index contributed by atoms with van der Waals surface area (Å²) in [5.74, 6) is 1.10. The molecule has 61 heavy (non-hydrogen) atoms. The number of nitrogens with zero attached hydrogens (tertiary/aromatic N) is 2. The Hall–Kier alpha value is -8.08. The highest BCUT2D eigenvalue weighted by atomic mass is 16.4. The lowest BCUT2D eigenvalue weighted by Gasteiger charge is -2.30. The molecule has 9 aromatic carbocycles. The summed E-state index contributed by atoms with van der Waals surface area (Å²) in [6, 6.07) is 73.8. The summed E-state index contributed by atoms with van der Waals surface area (Å²) in [7, 11) is 0. The predicted octanol–water partition coefficient (Wildman–Crippen LogP) is 14.6. The third kappa shape index (κ3) is 5.06. The second kappa shape index (κ2) is 13.0. The third-order valence-corrected chi connectivity index (χ3v) is 12.7. The minimum Gasteiger partial charge on any atom is -0.436 e. The van der Waals surface area contributed by atoms with Crippen molar-refractivity contribution in [1.29, 1.82) is 0 Å². The molecule has 0 fully saturated rings. The normalized spacial score (nSPS) is 13.0. The van der Waals surface area contributed by atoms with Crippen LogP contribution in [0.4, 0.5) is 0 Å². The fourth-order valence-corrected chi connectivity index (χ4v) is 10.1. The number of hydrogen-bond acceptors (Lipinski definition) is 4. The summed E-state index contributed by atoms with van der Waals surface area (Å²) in [4.78, 5) is 9.72. The molecule has 11 aromatic rings. The molecule has 284 valence electrons. The first-order chi connectivity index (χ1) is 30.2. The van der Waals surface area contributed by atoms with Crippen LogP contribution in [-0.2, 0) is 5.41 Å². The maximum Gasteiger partial charge on any atom is 0.227 e. The van der Waals surface area contributed by atoms with E-state index in [1.54, 1.807) is 0 Å². The molecule has 4 nitrogen and oxygen atoms in total. The molecular formula is C57H34N2O2. The summed E-state index contributed by atoms with van der Waals surface area (Å²) in [5, 5.41) is 0. The lowest BCUT2D eigenvalue weighted by molar-refractivity contribution is 0.617. The fraction of sp³-hybridized carbons (Fsp3) is 0.0175. The van der Waals surface area contributed by atoms with Gasteiger partial charge in [0.15, 0.2) is 11.2 Å². The Morgan fingerprint density at radius 2 is 0.656 bits per heavy atom. The molecule has 13 rings (SSSR count). The zero-order valence-corrected chi connectivity index (χ0v) is 32.8. The van der Waals surface area contributed by atoms with Gasteiger partial charge in [-0.15, -0.1) is 0 Å². The number of aromatic nitrogens is 2. The van der Waals surface area contributed by atoms with E-state index in [0.29, 0.717) is 11.8 Å². The second-order valence-electron chi connectivity index (χ2n) is 16.1. The zero-order chi connectivity index (χ0) is 40.1. The minimum absolute atomic E-state index is 0.385. The zero-order valence-electron chi connectivity index (χ0n) is 32.8. The number of oxazole rings is 2. The molecule has 1 spiro atoms. The molecule has 0 bridgehead atoms. The van der Waals surface area contributed by atoms with E-state index in [2.05, 4.69) is 152 Å². The van der Waals surface area contributed by atoms with E-state index in [-0.39, 0.29) is 5.41 Å². The Labute approximate surface area is 352 Å². The summed E-state index contributed by atoms with van der Waals surface area (Å²) in [5.41, 5.74) is 21.8. The highest BCUT2D eigenvalue weighted by Gasteiger charge is 2.51. The molecule has 0 saturated heterocycles. The van der Waals surface area contributed by atoms with Crippen molar-refractivity contribution in [2.24, 2.45) is 0 Å². The van der Waals surface area contributed by atoms with Crippen molar-refractivity contribution in [2.75, 3.05) is 0 Å². The second-order valence-corrected chi connectivity index (χ2v) is 16.1. The van der Waals surface area contributed by atoms with E-state index in [1.807, 2.05) is 54.6 Å². The van der Waals surface area contributed by atoms with Gasteiger partial charge < -0.3 is 8.83 Å². The average molecular weight is 779 g/mol. The number of fused-ring (bicyclic) bond motifs is 12. The van der Waals surface area contributed by atoms with E-state index in [9.17, 15) is 0 Å². The standard InChI is InChI=1S/C57H34N2O2/c1-4-20-47-43(17-1)44-18-2-5-21-48(44)57(47)49-22-6-3-19-45(49)46-28-27-39(34-50(46)57)37-15-11-13-35(29-37)36-14-12-16-38(30-36)40-31-41(55-58-51-23-7-9-25-53(51)60-55)33-42(32-40)56-59-52-24-8-10-26-54(52)61-56/h1-34H. The average Bonchev–Trinajstić information content (AvgIpc) is 4.10. The van der Waals surface area contributed by atoms with Crippen molar-refractivity contribution in [3.63, 3.8) is 0 Å². The summed E-state index contributed by atoms with van der Waals surface area (Å²) < 4.78 is 12.6. The van der Waals surface area contributed by atoms with E-state index in [0.717, 1.165) is 55.6 Å². The van der Waals surface area contributed by atoms with Crippen LogP contribution in [0.1, 0.15) is 22.3 Å². The topological polar surface area (TPSA) is 52.1 Å². The summed E-state index contributed by atoms with van der Waals surface area (Å²) in [6.07, 6.45) is 0. The number of hydrogen-bond donors (Lipinski definition) is 0. The van der Waals surface area contributed by atoms with Crippen LogP contribution in [0.25, 0.3) is 101 Å². The Morgan fingerprint density at radius 1 is 0.279 bits per heavy atom. The molecule has 0 saturated carbocycles. The molecule has 0 aliphatic heterocycles. The maximum atomic E-state index is 6.29. The molecule has 0 radical (unpaired) electrons. The Balaban J connectivity index is 0.924. The first-order valence-electron chi connectivity index (χ1n) is 20.7. The van der Waals surface area contributed by atoms with Gasteiger partial charge in [0.1, 0.15) is 11.0 Å². The van der Waals surface area contributed by atoms with Gasteiger partial charge >= 0.3 is 0 Å². The summed E-state index contributed by atoms with van der Waals surface area (Å²) >= 11 is 0. The first kappa shape index (κ1) is 33.8. The van der Waals surface area contributed by atoms with Crippen molar-refractivity contribution in [3.8, 4) is 78.5 Å². The van der Waals surface area contributed by atoms with Gasteiger partial charge in [0, 0.05) is 11.1 Å². The van der Waals surface area contributed by atoms with Gasteiger partial charge in [0.2, 0.25) is 11.8 Å². The van der Waals surface area contributed by atoms with E-state index in [4.69, 9.17) is 18.8 Å². The Bertz CT molecular complexity index is 3350. The van der Waals surface area contributed by atoms with E-state index < -0.39 is 0 Å². The molecule has 0 atom stereocenters. The van der Waals surface area contributed by atoms with Crippen LogP contribution in [0.2, 0.25) is 0 Å². The lowest BCUT2D eigenvalue weighted by atomic mass is 9.70. The van der Waals surface area contributed by atoms with E-state index in [1.165, 1.54) is 55.6 Å². The van der Waals surface area contributed by atoms with Crippen molar-refractivity contribution in [2.45, 2.75) is 5.41 Å². The van der Waals surface area contributed by atoms with Crippen LogP contribution >= 0.6 is 0 Å². The maximum absolute atomic E-state index is 6.29. The van der Waals surface area contributed by atoms with Gasteiger partial charge in [-0.1, -0.05) is 146 Å². The van der Waals surface area contributed by atoms with E-state index >= 15 is 0 Å². The Kier molecular flexibility index (Phi) is 7.19. The van der Waals surface area contributed by atoms with Crippen LogP contribution in [0.3, 0.4) is 0 Å². The largest absolute Gasteiger partial charge is 0.436 e. The first-order valence-corrected chi connectivity index (χ1v) is 20.7. The van der Waals surface area contributed by atoms with Gasteiger partial charge in [-0.25, -0.2) is 9.97 Å². The minimum atomic E-state index is -0.385. The fourth-order valence-electron chi connectivity index (χ4n) is 10.1. The number of rotatable bonds is 5. The van der Waals surface area contributed by atoms with Crippen LogP contribution in [0.5, 0.6) is 0 Å². The van der Waals surface area contributed by atoms with Crippen molar-refractivity contribution in [1.82, 2.24) is 9.97 Å². The SMILES string of the molecule is c1cc(-c2cccc(-c3ccc4c(c3)C3(c5ccccc5-c5ccccc53)c3ccccc3-4)c2)cc(-c2cc(-c3nc4ccccc4o3)cc(-c3nc4ccccc4o3)c2)c1. The van der Waals surface area contributed by atoms with Crippen molar-refractivity contribution in [3.05, 3.63) is 229 Å². The number of para-hydroxylation sites is 4. The van der Waals surface area contributed by atoms with Gasteiger partial charge in [0.05, 0.1) is 5.41 Å². The van der Waals surface area contributed by atoms with Crippen molar-refractivity contribution >= 4 is 22.2 Å². The van der Waals surface area contributed by atoms with Crippen LogP contribution < -0.4 is 0 Å². The third-order valence-electron chi connectivity index (χ3n) is 12.7. The van der Waals surface area contributed by atoms with Crippen molar-refractivity contribution < 1.29 is 8.83 Å². The number of benzene rings is 9. The molecule has 2 aromatic heterocycles. The molecule has 0 amide bonds. The highest BCUT2D eigenvalue weighted by Crippen LogP contribution is 2.63. The van der Waals surface area contributed by atoms with Gasteiger partial charge in [-0.2, -0.15) is 0 Å². The molecule has 4 heteroatoms. The Morgan fingerprint density at radius 3 is 1.15 bits per heavy atom. The predicted molar refractivity (Wildman–Crippen MR) is 245 cm³/mol. The lowest BCUT2D eigenvalue weighted by Crippen LogP contribution is -2.25. The monoisotopic (exact) mass is 778 g/mol. The van der Waals surface area contributed by atoms with Gasteiger partial charge in [0.25, 0.3) is 0 Å². The van der Waals surface area contributed by atoms with Crippen LogP contribution in [0.15, 0.2) is 215 Å². The summed E-state index contributed by atoms with van der Waals surface area (Å²) in [6.45, 7) is 0. The molecule has 2 aliphatic carbocycles. The van der Waals surface area contributed by atoms with Crippen LogP contribution in [0, 0.1) is 0 Å². The van der Waals surface area contributed by atoms with Gasteiger partial charge in [-0.05, 0) is 139 Å². The molecule has 2 aliphatic rings. The molecular weight excluding hydrogens is 745 g/mol. The molecule has 0 N–H and O–H groups in total. The molecule has 2 heterocycles. The smallest absolute Gasteiger partial charge is 0.227 e. The molecule has 0 unspecified atom stereocenters. The highest BCUT2D eigenvalue weighted by molar-refractivity contribution is 5.96. The van der Waals surface area contributed by atoms with Crippen LogP contribution in [-0.4, -0.2) is 9.97 Å². The van der Waals surface area contributed by atoms with Gasteiger partial charge in [-0.3, -0.25) is 0 Å². The quantitative estimate of drug-likeness (QED) is 0.175.